The Bertz CT molecular complexity index is 536. The van der Waals surface area contributed by atoms with Crippen molar-refractivity contribution in [3.8, 4) is 10.6 Å². The number of aromatic nitrogens is 2. The second-order valence-electron chi connectivity index (χ2n) is 4.22. The molecular weight excluding hydrogens is 301 g/mol. The fourth-order valence-electron chi connectivity index (χ4n) is 1.66. The highest BCUT2D eigenvalue weighted by atomic mass is 35.5. The van der Waals surface area contributed by atoms with Gasteiger partial charge in [0.2, 0.25) is 0 Å². The van der Waals surface area contributed by atoms with Crippen LogP contribution in [0.5, 0.6) is 0 Å². The van der Waals surface area contributed by atoms with Gasteiger partial charge in [-0.2, -0.15) is 0 Å². The van der Waals surface area contributed by atoms with Gasteiger partial charge >= 0.3 is 0 Å². The molecule has 0 amide bonds. The number of halogens is 2. The first-order valence-electron chi connectivity index (χ1n) is 6.14. The quantitative estimate of drug-likeness (QED) is 0.878. The van der Waals surface area contributed by atoms with Gasteiger partial charge in [-0.1, -0.05) is 47.5 Å². The molecule has 1 aromatic carbocycles. The Morgan fingerprint density at radius 3 is 2.58 bits per heavy atom. The summed E-state index contributed by atoms with van der Waals surface area (Å²) in [4.78, 5) is 0. The summed E-state index contributed by atoms with van der Waals surface area (Å²) in [5, 5.41) is 14.7. The summed E-state index contributed by atoms with van der Waals surface area (Å²) in [6, 6.07) is 5.62. The predicted molar refractivity (Wildman–Crippen MR) is 82.1 cm³/mol. The van der Waals surface area contributed by atoms with E-state index in [1.165, 1.54) is 11.3 Å². The summed E-state index contributed by atoms with van der Waals surface area (Å²) in [6.07, 6.45) is 1.09. The Balaban J connectivity index is 2.26. The average Bonchev–Trinajstić information content (AvgIpc) is 2.85. The maximum atomic E-state index is 6.18. The minimum Gasteiger partial charge on any atom is -0.308 e. The third-order valence-corrected chi connectivity index (χ3v) is 4.44. The van der Waals surface area contributed by atoms with Gasteiger partial charge in [0.15, 0.2) is 5.01 Å². The summed E-state index contributed by atoms with van der Waals surface area (Å²) in [7, 11) is 0. The highest BCUT2D eigenvalue weighted by Gasteiger charge is 2.16. The Morgan fingerprint density at radius 2 is 1.95 bits per heavy atom. The Labute approximate surface area is 127 Å². The molecule has 2 rings (SSSR count). The smallest absolute Gasteiger partial charge is 0.150 e. The monoisotopic (exact) mass is 315 g/mol. The summed E-state index contributed by atoms with van der Waals surface area (Å²) in [5.74, 6) is 0. The fourth-order valence-corrected chi connectivity index (χ4v) is 3.29. The number of benzene rings is 1. The van der Waals surface area contributed by atoms with Crippen molar-refractivity contribution in [2.24, 2.45) is 0 Å². The topological polar surface area (TPSA) is 37.8 Å². The molecule has 0 bridgehead atoms. The molecule has 102 valence electrons. The third kappa shape index (κ3) is 3.45. The molecule has 1 unspecified atom stereocenters. The van der Waals surface area contributed by atoms with E-state index in [4.69, 9.17) is 23.2 Å². The average molecular weight is 316 g/mol. The van der Waals surface area contributed by atoms with Crippen molar-refractivity contribution in [1.82, 2.24) is 15.5 Å². The SMILES string of the molecule is CCCNC(C)c1nnc(-c2c(Cl)cccc2Cl)s1. The van der Waals surface area contributed by atoms with Gasteiger partial charge in [0.25, 0.3) is 0 Å². The highest BCUT2D eigenvalue weighted by Crippen LogP contribution is 2.36. The molecule has 2 aromatic rings. The third-order valence-electron chi connectivity index (χ3n) is 2.69. The van der Waals surface area contributed by atoms with E-state index < -0.39 is 0 Å². The lowest BCUT2D eigenvalue weighted by Gasteiger charge is -2.08. The first-order chi connectivity index (χ1) is 9.13. The summed E-state index contributed by atoms with van der Waals surface area (Å²) >= 11 is 13.9. The van der Waals surface area contributed by atoms with Crippen LogP contribution in [-0.4, -0.2) is 16.7 Å². The van der Waals surface area contributed by atoms with Crippen molar-refractivity contribution < 1.29 is 0 Å². The van der Waals surface area contributed by atoms with Gasteiger partial charge < -0.3 is 5.32 Å². The molecule has 6 heteroatoms. The van der Waals surface area contributed by atoms with Crippen LogP contribution in [0.1, 0.15) is 31.3 Å². The Kier molecular flexibility index (Phi) is 5.16. The van der Waals surface area contributed by atoms with E-state index in [-0.39, 0.29) is 6.04 Å². The van der Waals surface area contributed by atoms with E-state index in [1.54, 1.807) is 0 Å². The molecule has 0 spiro atoms. The van der Waals surface area contributed by atoms with E-state index in [2.05, 4.69) is 29.4 Å². The second kappa shape index (κ2) is 6.66. The summed E-state index contributed by atoms with van der Waals surface area (Å²) in [6.45, 7) is 5.17. The van der Waals surface area contributed by atoms with Crippen LogP contribution in [0.4, 0.5) is 0 Å². The van der Waals surface area contributed by atoms with Crippen LogP contribution in [-0.2, 0) is 0 Å². The standard InChI is InChI=1S/C13H15Cl2N3S/c1-3-7-16-8(2)12-17-18-13(19-12)11-9(14)5-4-6-10(11)15/h4-6,8,16H,3,7H2,1-2H3. The van der Waals surface area contributed by atoms with E-state index in [0.29, 0.717) is 10.0 Å². The van der Waals surface area contributed by atoms with Gasteiger partial charge in [0, 0.05) is 5.56 Å². The highest BCUT2D eigenvalue weighted by molar-refractivity contribution is 7.14. The molecule has 1 N–H and O–H groups in total. The number of nitrogens with zero attached hydrogens (tertiary/aromatic N) is 2. The zero-order chi connectivity index (χ0) is 13.8. The van der Waals surface area contributed by atoms with Gasteiger partial charge in [-0.25, -0.2) is 0 Å². The molecule has 3 nitrogen and oxygen atoms in total. The molecular formula is C13H15Cl2N3S. The van der Waals surface area contributed by atoms with Crippen molar-refractivity contribution in [2.75, 3.05) is 6.54 Å². The molecule has 1 heterocycles. The maximum Gasteiger partial charge on any atom is 0.150 e. The lowest BCUT2D eigenvalue weighted by atomic mass is 10.2. The molecule has 0 saturated heterocycles. The summed E-state index contributed by atoms with van der Waals surface area (Å²) in [5.41, 5.74) is 0.761. The number of hydrogen-bond acceptors (Lipinski definition) is 4. The zero-order valence-electron chi connectivity index (χ0n) is 10.8. The lowest BCUT2D eigenvalue weighted by Crippen LogP contribution is -2.18. The Morgan fingerprint density at radius 1 is 1.26 bits per heavy atom. The van der Waals surface area contributed by atoms with Crippen LogP contribution in [0, 0.1) is 0 Å². The first-order valence-corrected chi connectivity index (χ1v) is 7.72. The number of hydrogen-bond donors (Lipinski definition) is 1. The first kappa shape index (κ1) is 14.7. The van der Waals surface area contributed by atoms with E-state index in [0.717, 1.165) is 28.5 Å². The van der Waals surface area contributed by atoms with Crippen LogP contribution in [0.3, 0.4) is 0 Å². The largest absolute Gasteiger partial charge is 0.308 e. The van der Waals surface area contributed by atoms with Crippen LogP contribution >= 0.6 is 34.5 Å². The van der Waals surface area contributed by atoms with Crippen LogP contribution < -0.4 is 5.32 Å². The van der Waals surface area contributed by atoms with Crippen molar-refractivity contribution in [2.45, 2.75) is 26.3 Å². The minimum absolute atomic E-state index is 0.187. The molecule has 19 heavy (non-hydrogen) atoms. The molecule has 0 aliphatic heterocycles. The molecule has 0 fully saturated rings. The lowest BCUT2D eigenvalue weighted by molar-refractivity contribution is 0.564. The Hall–Kier alpha value is -0.680. The van der Waals surface area contributed by atoms with Gasteiger partial charge in [0.05, 0.1) is 16.1 Å². The maximum absolute atomic E-state index is 6.18. The zero-order valence-corrected chi connectivity index (χ0v) is 13.1. The number of rotatable bonds is 5. The van der Waals surface area contributed by atoms with Gasteiger partial charge in [-0.3, -0.25) is 0 Å². The summed E-state index contributed by atoms with van der Waals surface area (Å²) < 4.78 is 0. The van der Waals surface area contributed by atoms with Gasteiger partial charge in [0.1, 0.15) is 5.01 Å². The second-order valence-corrected chi connectivity index (χ2v) is 6.04. The van der Waals surface area contributed by atoms with Crippen molar-refractivity contribution in [3.05, 3.63) is 33.3 Å². The van der Waals surface area contributed by atoms with E-state index in [1.807, 2.05) is 18.2 Å². The van der Waals surface area contributed by atoms with Crippen LogP contribution in [0.2, 0.25) is 10.0 Å². The van der Waals surface area contributed by atoms with Crippen molar-refractivity contribution in [3.63, 3.8) is 0 Å². The van der Waals surface area contributed by atoms with E-state index in [9.17, 15) is 0 Å². The molecule has 0 aliphatic rings. The van der Waals surface area contributed by atoms with Crippen molar-refractivity contribution >= 4 is 34.5 Å². The van der Waals surface area contributed by atoms with Gasteiger partial charge in [-0.15, -0.1) is 10.2 Å². The molecule has 0 aliphatic carbocycles. The predicted octanol–water partition coefficient (Wildman–Crippen LogP) is 4.57. The van der Waals surface area contributed by atoms with Crippen molar-refractivity contribution in [1.29, 1.82) is 0 Å². The molecule has 0 radical (unpaired) electrons. The minimum atomic E-state index is 0.187. The van der Waals surface area contributed by atoms with E-state index >= 15 is 0 Å². The van der Waals surface area contributed by atoms with Gasteiger partial charge in [-0.05, 0) is 32.0 Å². The normalized spacial score (nSPS) is 12.6. The fraction of sp³-hybridized carbons (Fsp3) is 0.385. The molecule has 1 atom stereocenters. The van der Waals surface area contributed by atoms with Crippen LogP contribution in [0.15, 0.2) is 18.2 Å². The molecule has 1 aromatic heterocycles. The van der Waals surface area contributed by atoms with Crippen LogP contribution in [0.25, 0.3) is 10.6 Å². The number of nitrogens with one attached hydrogen (secondary N) is 1. The molecule has 0 saturated carbocycles.